The van der Waals surface area contributed by atoms with E-state index in [1.165, 1.54) is 17.4 Å². The maximum atomic E-state index is 11.9. The molecule has 20 heavy (non-hydrogen) atoms. The average Bonchev–Trinajstić information content (AvgIpc) is 2.68. The Kier molecular flexibility index (Phi) is 3.49. The Hall–Kier alpha value is -2.18. The number of fused-ring (bicyclic) bond motifs is 1. The van der Waals surface area contributed by atoms with Crippen LogP contribution in [-0.2, 0) is 26.6 Å². The van der Waals surface area contributed by atoms with Crippen molar-refractivity contribution in [2.75, 3.05) is 5.32 Å². The lowest BCUT2D eigenvalue weighted by atomic mass is 10.2. The van der Waals surface area contributed by atoms with Crippen LogP contribution in [0, 0.1) is 0 Å². The first-order valence-electron chi connectivity index (χ1n) is 6.92. The molecule has 106 valence electrons. The minimum Gasteiger partial charge on any atom is -0.358 e. The highest BCUT2D eigenvalue weighted by Gasteiger charge is 2.14. The first-order chi connectivity index (χ1) is 9.75. The SMILES string of the molecule is Cn1ccnc(NCc2nnc3n2CCCCC3)c1=O. The van der Waals surface area contributed by atoms with Gasteiger partial charge in [0.05, 0.1) is 6.54 Å². The molecule has 2 aromatic heterocycles. The van der Waals surface area contributed by atoms with Crippen molar-refractivity contribution in [1.29, 1.82) is 0 Å². The van der Waals surface area contributed by atoms with Gasteiger partial charge in [0.2, 0.25) is 0 Å². The van der Waals surface area contributed by atoms with Crippen LogP contribution in [0.25, 0.3) is 0 Å². The van der Waals surface area contributed by atoms with Crippen molar-refractivity contribution in [1.82, 2.24) is 24.3 Å². The second-order valence-electron chi connectivity index (χ2n) is 5.04. The summed E-state index contributed by atoms with van der Waals surface area (Å²) in [6, 6.07) is 0. The molecule has 0 saturated carbocycles. The van der Waals surface area contributed by atoms with Crippen LogP contribution < -0.4 is 10.9 Å². The molecule has 0 amide bonds. The van der Waals surface area contributed by atoms with E-state index in [0.29, 0.717) is 12.4 Å². The summed E-state index contributed by atoms with van der Waals surface area (Å²) in [4.78, 5) is 15.9. The molecule has 0 fully saturated rings. The van der Waals surface area contributed by atoms with E-state index >= 15 is 0 Å². The molecule has 1 N–H and O–H groups in total. The maximum absolute atomic E-state index is 11.9. The fraction of sp³-hybridized carbons (Fsp3) is 0.538. The van der Waals surface area contributed by atoms with Crippen LogP contribution in [0.2, 0.25) is 0 Å². The van der Waals surface area contributed by atoms with Crippen LogP contribution in [0.4, 0.5) is 5.82 Å². The lowest BCUT2D eigenvalue weighted by Crippen LogP contribution is -2.22. The molecule has 2 aromatic rings. The van der Waals surface area contributed by atoms with Gasteiger partial charge in [-0.25, -0.2) is 4.98 Å². The van der Waals surface area contributed by atoms with E-state index in [4.69, 9.17) is 0 Å². The van der Waals surface area contributed by atoms with Crippen molar-refractivity contribution >= 4 is 5.82 Å². The van der Waals surface area contributed by atoms with E-state index in [1.54, 1.807) is 19.4 Å². The van der Waals surface area contributed by atoms with Crippen molar-refractivity contribution in [3.8, 4) is 0 Å². The maximum Gasteiger partial charge on any atom is 0.293 e. The zero-order chi connectivity index (χ0) is 13.9. The van der Waals surface area contributed by atoms with Crippen LogP contribution in [0.1, 0.15) is 30.9 Å². The summed E-state index contributed by atoms with van der Waals surface area (Å²) in [7, 11) is 1.71. The third kappa shape index (κ3) is 2.43. The van der Waals surface area contributed by atoms with Gasteiger partial charge in [-0.1, -0.05) is 6.42 Å². The molecule has 3 heterocycles. The number of hydrogen-bond acceptors (Lipinski definition) is 5. The highest BCUT2D eigenvalue weighted by molar-refractivity contribution is 5.30. The van der Waals surface area contributed by atoms with E-state index in [9.17, 15) is 4.79 Å². The number of aryl methyl sites for hydroxylation is 2. The quantitative estimate of drug-likeness (QED) is 0.892. The number of nitrogens with zero attached hydrogens (tertiary/aromatic N) is 5. The summed E-state index contributed by atoms with van der Waals surface area (Å²) >= 11 is 0. The zero-order valence-electron chi connectivity index (χ0n) is 11.5. The topological polar surface area (TPSA) is 77.6 Å². The molecule has 3 rings (SSSR count). The monoisotopic (exact) mass is 274 g/mol. The van der Waals surface area contributed by atoms with Gasteiger partial charge in [0.25, 0.3) is 5.56 Å². The van der Waals surface area contributed by atoms with Crippen LogP contribution >= 0.6 is 0 Å². The van der Waals surface area contributed by atoms with Crippen molar-refractivity contribution in [3.05, 3.63) is 34.4 Å². The summed E-state index contributed by atoms with van der Waals surface area (Å²) in [5, 5.41) is 11.5. The minimum atomic E-state index is -0.136. The highest BCUT2D eigenvalue weighted by atomic mass is 16.1. The van der Waals surface area contributed by atoms with Gasteiger partial charge in [-0.15, -0.1) is 10.2 Å². The Bertz CT molecular complexity index is 659. The smallest absolute Gasteiger partial charge is 0.293 e. The average molecular weight is 274 g/mol. The van der Waals surface area contributed by atoms with Crippen molar-refractivity contribution in [2.24, 2.45) is 7.05 Å². The van der Waals surface area contributed by atoms with Crippen molar-refractivity contribution in [2.45, 2.75) is 38.8 Å². The molecule has 0 bridgehead atoms. The molecule has 0 atom stereocenters. The number of rotatable bonds is 3. The molecule has 7 heteroatoms. The van der Waals surface area contributed by atoms with E-state index in [1.807, 2.05) is 0 Å². The number of anilines is 1. The Morgan fingerprint density at radius 2 is 2.20 bits per heavy atom. The lowest BCUT2D eigenvalue weighted by molar-refractivity contribution is 0.609. The van der Waals surface area contributed by atoms with Gasteiger partial charge in [0.1, 0.15) is 5.82 Å². The lowest BCUT2D eigenvalue weighted by Gasteiger charge is -2.08. The first-order valence-corrected chi connectivity index (χ1v) is 6.92. The molecule has 0 radical (unpaired) electrons. The van der Waals surface area contributed by atoms with E-state index in [-0.39, 0.29) is 5.56 Å². The molecule has 0 unspecified atom stereocenters. The van der Waals surface area contributed by atoms with E-state index in [2.05, 4.69) is 25.1 Å². The molecule has 1 aliphatic heterocycles. The second-order valence-corrected chi connectivity index (χ2v) is 5.04. The largest absolute Gasteiger partial charge is 0.358 e. The molecular formula is C13H18N6O. The Labute approximate surface area is 116 Å². The number of aromatic nitrogens is 5. The molecule has 7 nitrogen and oxygen atoms in total. The molecule has 0 aliphatic carbocycles. The fourth-order valence-corrected chi connectivity index (χ4v) is 2.46. The molecule has 1 aliphatic rings. The van der Waals surface area contributed by atoms with Gasteiger partial charge in [0.15, 0.2) is 11.6 Å². The van der Waals surface area contributed by atoms with Crippen LogP contribution in [-0.4, -0.2) is 24.3 Å². The fourth-order valence-electron chi connectivity index (χ4n) is 2.46. The van der Waals surface area contributed by atoms with Crippen LogP contribution in [0.5, 0.6) is 0 Å². The zero-order valence-corrected chi connectivity index (χ0v) is 11.5. The summed E-state index contributed by atoms with van der Waals surface area (Å²) in [6.07, 6.45) is 7.79. The minimum absolute atomic E-state index is 0.136. The summed E-state index contributed by atoms with van der Waals surface area (Å²) in [6.45, 7) is 1.43. The van der Waals surface area contributed by atoms with Crippen LogP contribution in [0.15, 0.2) is 17.2 Å². The first kappa shape index (κ1) is 12.8. The number of hydrogen-bond donors (Lipinski definition) is 1. The number of nitrogens with one attached hydrogen (secondary N) is 1. The van der Waals surface area contributed by atoms with Gasteiger partial charge in [-0.05, 0) is 12.8 Å². The Morgan fingerprint density at radius 1 is 1.30 bits per heavy atom. The Morgan fingerprint density at radius 3 is 3.10 bits per heavy atom. The standard InChI is InChI=1S/C13H18N6O/c1-18-8-6-14-12(13(18)20)15-9-11-17-16-10-5-3-2-4-7-19(10)11/h6,8H,2-5,7,9H2,1H3,(H,14,15). The van der Waals surface area contributed by atoms with E-state index in [0.717, 1.165) is 31.0 Å². The highest BCUT2D eigenvalue weighted by Crippen LogP contribution is 2.14. The predicted molar refractivity (Wildman–Crippen MR) is 74.4 cm³/mol. The van der Waals surface area contributed by atoms with Crippen LogP contribution in [0.3, 0.4) is 0 Å². The molecule has 0 saturated heterocycles. The van der Waals surface area contributed by atoms with Gasteiger partial charge in [-0.2, -0.15) is 0 Å². The third-order valence-corrected chi connectivity index (χ3v) is 3.62. The molecule has 0 aromatic carbocycles. The van der Waals surface area contributed by atoms with Crippen molar-refractivity contribution in [3.63, 3.8) is 0 Å². The normalized spacial score (nSPS) is 14.7. The Balaban J connectivity index is 1.77. The third-order valence-electron chi connectivity index (χ3n) is 3.62. The summed E-state index contributed by atoms with van der Waals surface area (Å²) in [5.74, 6) is 2.27. The van der Waals surface area contributed by atoms with Gasteiger partial charge >= 0.3 is 0 Å². The second kappa shape index (κ2) is 5.44. The van der Waals surface area contributed by atoms with Crippen molar-refractivity contribution < 1.29 is 0 Å². The van der Waals surface area contributed by atoms with Gasteiger partial charge in [0, 0.05) is 32.4 Å². The predicted octanol–water partition coefficient (Wildman–Crippen LogP) is 0.710. The van der Waals surface area contributed by atoms with Gasteiger partial charge < -0.3 is 14.5 Å². The van der Waals surface area contributed by atoms with E-state index < -0.39 is 0 Å². The summed E-state index contributed by atoms with van der Waals surface area (Å²) < 4.78 is 3.66. The molecular weight excluding hydrogens is 256 g/mol. The summed E-state index contributed by atoms with van der Waals surface area (Å²) in [5.41, 5.74) is -0.136. The molecule has 0 spiro atoms. The van der Waals surface area contributed by atoms with Gasteiger partial charge in [-0.3, -0.25) is 4.79 Å².